The Kier molecular flexibility index (Phi) is 5.26. The van der Waals surface area contributed by atoms with Gasteiger partial charge in [-0.15, -0.1) is 0 Å². The fourth-order valence-corrected chi connectivity index (χ4v) is 2.30. The third kappa shape index (κ3) is 5.07. The highest BCUT2D eigenvalue weighted by atomic mass is 16.5. The van der Waals surface area contributed by atoms with Crippen LogP contribution in [0.25, 0.3) is 0 Å². The van der Waals surface area contributed by atoms with Crippen LogP contribution in [-0.2, 0) is 6.54 Å². The van der Waals surface area contributed by atoms with Crippen molar-refractivity contribution >= 4 is 11.7 Å². The average molecular weight is 333 g/mol. The summed E-state index contributed by atoms with van der Waals surface area (Å²) in [4.78, 5) is 15.9. The number of carbonyl (C=O) groups excluding carboxylic acids is 1. The fraction of sp³-hybridized carbons (Fsp3) is 0.100. The third-order valence-corrected chi connectivity index (χ3v) is 3.54. The maximum absolute atomic E-state index is 12.0. The Morgan fingerprint density at radius 3 is 2.44 bits per heavy atom. The SMILES string of the molecule is Cc1cccc(NC(=O)NCc2ccc(Oc3ccncc3)cc2)c1. The molecule has 0 aliphatic carbocycles. The molecule has 0 saturated carbocycles. The minimum atomic E-state index is -0.234. The molecule has 0 aliphatic rings. The van der Waals surface area contributed by atoms with Crippen molar-refractivity contribution in [3.63, 3.8) is 0 Å². The lowest BCUT2D eigenvalue weighted by Gasteiger charge is -2.09. The first kappa shape index (κ1) is 16.5. The van der Waals surface area contributed by atoms with Gasteiger partial charge in [0.25, 0.3) is 0 Å². The number of ether oxygens (including phenoxy) is 1. The summed E-state index contributed by atoms with van der Waals surface area (Å²) in [5.74, 6) is 1.47. The van der Waals surface area contributed by atoms with Crippen molar-refractivity contribution in [1.29, 1.82) is 0 Å². The zero-order valence-corrected chi connectivity index (χ0v) is 13.9. The number of benzene rings is 2. The van der Waals surface area contributed by atoms with Crippen molar-refractivity contribution in [2.75, 3.05) is 5.32 Å². The molecular weight excluding hydrogens is 314 g/mol. The van der Waals surface area contributed by atoms with Gasteiger partial charge in [0.1, 0.15) is 11.5 Å². The number of pyridine rings is 1. The summed E-state index contributed by atoms with van der Waals surface area (Å²) in [6.45, 7) is 2.42. The number of nitrogens with zero attached hydrogens (tertiary/aromatic N) is 1. The van der Waals surface area contributed by atoms with Crippen LogP contribution in [0.3, 0.4) is 0 Å². The summed E-state index contributed by atoms with van der Waals surface area (Å²) in [6.07, 6.45) is 3.36. The summed E-state index contributed by atoms with van der Waals surface area (Å²) in [7, 11) is 0. The zero-order chi connectivity index (χ0) is 17.5. The van der Waals surface area contributed by atoms with Gasteiger partial charge in [-0.1, -0.05) is 24.3 Å². The van der Waals surface area contributed by atoms with Crippen LogP contribution in [0.5, 0.6) is 11.5 Å². The molecule has 0 bridgehead atoms. The van der Waals surface area contributed by atoms with Gasteiger partial charge < -0.3 is 15.4 Å². The van der Waals surface area contributed by atoms with Crippen LogP contribution in [0.1, 0.15) is 11.1 Å². The predicted octanol–water partition coefficient (Wildman–Crippen LogP) is 4.50. The van der Waals surface area contributed by atoms with Crippen LogP contribution >= 0.6 is 0 Å². The lowest BCUT2D eigenvalue weighted by molar-refractivity contribution is 0.251. The van der Waals surface area contributed by atoms with E-state index in [1.54, 1.807) is 24.5 Å². The van der Waals surface area contributed by atoms with E-state index in [0.717, 1.165) is 28.3 Å². The van der Waals surface area contributed by atoms with E-state index in [2.05, 4.69) is 15.6 Å². The molecule has 0 radical (unpaired) electrons. The van der Waals surface area contributed by atoms with E-state index >= 15 is 0 Å². The lowest BCUT2D eigenvalue weighted by Crippen LogP contribution is -2.28. The minimum Gasteiger partial charge on any atom is -0.457 e. The highest BCUT2D eigenvalue weighted by Gasteiger charge is 2.03. The van der Waals surface area contributed by atoms with Gasteiger partial charge in [-0.05, 0) is 54.4 Å². The summed E-state index contributed by atoms with van der Waals surface area (Å²) in [6, 6.07) is 18.6. The molecule has 25 heavy (non-hydrogen) atoms. The van der Waals surface area contributed by atoms with Gasteiger partial charge in [0, 0.05) is 24.6 Å². The number of aryl methyl sites for hydroxylation is 1. The molecule has 0 aliphatic heterocycles. The topological polar surface area (TPSA) is 63.2 Å². The molecular formula is C20H19N3O2. The van der Waals surface area contributed by atoms with Crippen molar-refractivity contribution in [2.24, 2.45) is 0 Å². The molecule has 0 spiro atoms. The Balaban J connectivity index is 1.50. The summed E-state index contributed by atoms with van der Waals surface area (Å²) in [5.41, 5.74) is 2.86. The van der Waals surface area contributed by atoms with Crippen LogP contribution < -0.4 is 15.4 Å². The Bertz CT molecular complexity index is 833. The third-order valence-electron chi connectivity index (χ3n) is 3.54. The molecule has 2 N–H and O–H groups in total. The van der Waals surface area contributed by atoms with Crippen molar-refractivity contribution in [3.05, 3.63) is 84.2 Å². The van der Waals surface area contributed by atoms with Gasteiger partial charge in [-0.2, -0.15) is 0 Å². The van der Waals surface area contributed by atoms with Crippen molar-refractivity contribution in [2.45, 2.75) is 13.5 Å². The number of rotatable bonds is 5. The van der Waals surface area contributed by atoms with Gasteiger partial charge in [0.2, 0.25) is 0 Å². The number of urea groups is 1. The van der Waals surface area contributed by atoms with Crippen LogP contribution in [0, 0.1) is 6.92 Å². The zero-order valence-electron chi connectivity index (χ0n) is 13.9. The molecule has 0 saturated heterocycles. The van der Waals surface area contributed by atoms with Crippen LogP contribution in [0.2, 0.25) is 0 Å². The summed E-state index contributed by atoms with van der Waals surface area (Å²) < 4.78 is 5.71. The maximum Gasteiger partial charge on any atom is 0.319 e. The first-order valence-corrected chi connectivity index (χ1v) is 7.97. The second-order valence-corrected chi connectivity index (χ2v) is 5.61. The van der Waals surface area contributed by atoms with Crippen molar-refractivity contribution in [3.8, 4) is 11.5 Å². The second-order valence-electron chi connectivity index (χ2n) is 5.61. The largest absolute Gasteiger partial charge is 0.457 e. The van der Waals surface area contributed by atoms with Gasteiger partial charge in [-0.25, -0.2) is 4.79 Å². The number of hydrogen-bond donors (Lipinski definition) is 2. The van der Waals surface area contributed by atoms with Crippen molar-refractivity contribution < 1.29 is 9.53 Å². The minimum absolute atomic E-state index is 0.234. The number of nitrogens with one attached hydrogen (secondary N) is 2. The van der Waals surface area contributed by atoms with Crippen LogP contribution in [0.4, 0.5) is 10.5 Å². The summed E-state index contributed by atoms with van der Waals surface area (Å²) in [5, 5.41) is 5.65. The van der Waals surface area contributed by atoms with Gasteiger partial charge in [0.15, 0.2) is 0 Å². The van der Waals surface area contributed by atoms with Gasteiger partial charge in [-0.3, -0.25) is 4.98 Å². The molecule has 2 aromatic carbocycles. The first-order valence-electron chi connectivity index (χ1n) is 7.97. The molecule has 0 unspecified atom stereocenters. The van der Waals surface area contributed by atoms with E-state index < -0.39 is 0 Å². The molecule has 0 atom stereocenters. The molecule has 2 amide bonds. The molecule has 1 aromatic heterocycles. The number of amides is 2. The van der Waals surface area contributed by atoms with Crippen LogP contribution in [0.15, 0.2) is 73.1 Å². The van der Waals surface area contributed by atoms with Crippen molar-refractivity contribution in [1.82, 2.24) is 10.3 Å². The highest BCUT2D eigenvalue weighted by molar-refractivity contribution is 5.89. The molecule has 0 fully saturated rings. The maximum atomic E-state index is 12.0. The number of anilines is 1. The van der Waals surface area contributed by atoms with E-state index in [1.165, 1.54) is 0 Å². The predicted molar refractivity (Wildman–Crippen MR) is 97.8 cm³/mol. The normalized spacial score (nSPS) is 10.1. The Morgan fingerprint density at radius 1 is 1.00 bits per heavy atom. The van der Waals surface area contributed by atoms with Gasteiger partial charge >= 0.3 is 6.03 Å². The molecule has 3 aromatic rings. The van der Waals surface area contributed by atoms with E-state index in [0.29, 0.717) is 6.54 Å². The first-order chi connectivity index (χ1) is 12.2. The molecule has 5 nitrogen and oxygen atoms in total. The molecule has 3 rings (SSSR count). The second kappa shape index (κ2) is 7.97. The smallest absolute Gasteiger partial charge is 0.319 e. The number of hydrogen-bond acceptors (Lipinski definition) is 3. The summed E-state index contributed by atoms with van der Waals surface area (Å²) >= 11 is 0. The fourth-order valence-electron chi connectivity index (χ4n) is 2.30. The lowest BCUT2D eigenvalue weighted by atomic mass is 10.2. The Labute approximate surface area is 146 Å². The highest BCUT2D eigenvalue weighted by Crippen LogP contribution is 2.20. The average Bonchev–Trinajstić information content (AvgIpc) is 2.62. The Hall–Kier alpha value is -3.34. The molecule has 5 heteroatoms. The van der Waals surface area contributed by atoms with E-state index in [4.69, 9.17) is 4.74 Å². The van der Waals surface area contributed by atoms with Gasteiger partial charge in [0.05, 0.1) is 0 Å². The van der Waals surface area contributed by atoms with E-state index in [9.17, 15) is 4.79 Å². The van der Waals surface area contributed by atoms with E-state index in [1.807, 2.05) is 55.5 Å². The van der Waals surface area contributed by atoms with E-state index in [-0.39, 0.29) is 6.03 Å². The Morgan fingerprint density at radius 2 is 1.72 bits per heavy atom. The number of carbonyl (C=O) groups is 1. The number of aromatic nitrogens is 1. The van der Waals surface area contributed by atoms with Crippen LogP contribution in [-0.4, -0.2) is 11.0 Å². The standard InChI is InChI=1S/C20H19N3O2/c1-15-3-2-4-17(13-15)23-20(24)22-14-16-5-7-18(8-6-16)25-19-9-11-21-12-10-19/h2-13H,14H2,1H3,(H2,22,23,24). The molecule has 126 valence electrons. The monoisotopic (exact) mass is 333 g/mol. The quantitative estimate of drug-likeness (QED) is 0.722. The molecule has 1 heterocycles.